The van der Waals surface area contributed by atoms with Crippen LogP contribution in [-0.2, 0) is 27.2 Å². The van der Waals surface area contributed by atoms with Crippen LogP contribution in [0.2, 0.25) is 0 Å². The van der Waals surface area contributed by atoms with E-state index in [0.717, 1.165) is 57.2 Å². The van der Waals surface area contributed by atoms with Gasteiger partial charge in [0.05, 0.1) is 0 Å². The highest BCUT2D eigenvalue weighted by molar-refractivity contribution is 7.17. The normalized spacial score (nSPS) is 15.7. The maximum absolute atomic E-state index is 14.0. The second kappa shape index (κ2) is 12.1. The van der Waals surface area contributed by atoms with Crippen molar-refractivity contribution in [3.8, 4) is 0 Å². The quantitative estimate of drug-likeness (QED) is 0.207. The number of amides is 3. The molecule has 5 rings (SSSR count). The molecular formula is C29H32N4O3S2. The van der Waals surface area contributed by atoms with E-state index in [9.17, 15) is 14.4 Å². The van der Waals surface area contributed by atoms with Gasteiger partial charge >= 0.3 is 0 Å². The van der Waals surface area contributed by atoms with Crippen molar-refractivity contribution >= 4 is 61.1 Å². The molecule has 0 spiro atoms. The number of rotatable bonds is 10. The summed E-state index contributed by atoms with van der Waals surface area (Å²) in [5, 5.41) is 15.6. The molecule has 2 aromatic heterocycles. The van der Waals surface area contributed by atoms with Crippen molar-refractivity contribution in [2.24, 2.45) is 5.92 Å². The number of carbonyl (C=O) groups is 3. The molecule has 3 N–H and O–H groups in total. The number of likely N-dealkylation sites (N-methyl/N-ethyl adjacent to an activating group) is 1. The first-order chi connectivity index (χ1) is 18.5. The van der Waals surface area contributed by atoms with Crippen LogP contribution >= 0.6 is 22.7 Å². The van der Waals surface area contributed by atoms with Crippen LogP contribution in [0.3, 0.4) is 0 Å². The van der Waals surface area contributed by atoms with E-state index < -0.39 is 12.2 Å². The molecule has 1 aliphatic rings. The molecule has 0 bridgehead atoms. The second-order valence-electron chi connectivity index (χ2n) is 9.76. The third-order valence-electron chi connectivity index (χ3n) is 7.36. The summed E-state index contributed by atoms with van der Waals surface area (Å²) in [4.78, 5) is 40.4. The van der Waals surface area contributed by atoms with E-state index in [2.05, 4.69) is 51.0 Å². The van der Waals surface area contributed by atoms with Gasteiger partial charge in [-0.25, -0.2) is 0 Å². The Morgan fingerprint density at radius 1 is 0.974 bits per heavy atom. The van der Waals surface area contributed by atoms with Crippen LogP contribution in [0, 0.1) is 5.92 Å². The Bertz CT molecular complexity index is 1430. The summed E-state index contributed by atoms with van der Waals surface area (Å²) in [6.07, 6.45) is 2.46. The highest BCUT2D eigenvalue weighted by atomic mass is 32.1. The van der Waals surface area contributed by atoms with Crippen LogP contribution < -0.4 is 16.0 Å². The first kappa shape index (κ1) is 26.3. The molecule has 7 nitrogen and oxygen atoms in total. The molecule has 0 aliphatic carbocycles. The van der Waals surface area contributed by atoms with Crippen LogP contribution in [0.25, 0.3) is 20.2 Å². The fourth-order valence-corrected chi connectivity index (χ4v) is 7.12. The first-order valence-corrected chi connectivity index (χ1v) is 14.7. The number of fused-ring (bicyclic) bond motifs is 2. The van der Waals surface area contributed by atoms with Crippen molar-refractivity contribution in [1.82, 2.24) is 20.9 Å². The number of hydrogen-bond acceptors (Lipinski definition) is 6. The Hall–Kier alpha value is -3.27. The third kappa shape index (κ3) is 5.75. The zero-order chi connectivity index (χ0) is 26.5. The smallest absolute Gasteiger partial charge is 0.246 e. The minimum Gasteiger partial charge on any atom is -0.344 e. The molecule has 1 aliphatic heterocycles. The average Bonchev–Trinajstić information content (AvgIpc) is 3.56. The van der Waals surface area contributed by atoms with Crippen molar-refractivity contribution in [3.63, 3.8) is 0 Å². The van der Waals surface area contributed by atoms with Crippen LogP contribution in [0.5, 0.6) is 0 Å². The van der Waals surface area contributed by atoms with Crippen molar-refractivity contribution in [1.29, 1.82) is 0 Å². The molecule has 3 heterocycles. The molecule has 1 fully saturated rings. The zero-order valence-electron chi connectivity index (χ0n) is 21.3. The van der Waals surface area contributed by atoms with Crippen molar-refractivity contribution in [2.75, 3.05) is 20.1 Å². The third-order valence-corrected chi connectivity index (χ3v) is 9.38. The zero-order valence-corrected chi connectivity index (χ0v) is 22.9. The van der Waals surface area contributed by atoms with Crippen molar-refractivity contribution in [3.05, 3.63) is 70.4 Å². The number of nitrogens with zero attached hydrogens (tertiary/aromatic N) is 1. The van der Waals surface area contributed by atoms with Gasteiger partial charge in [0.25, 0.3) is 0 Å². The number of nitrogens with one attached hydrogen (secondary N) is 3. The van der Waals surface area contributed by atoms with Gasteiger partial charge in [0.1, 0.15) is 12.2 Å². The van der Waals surface area contributed by atoms with Crippen molar-refractivity contribution < 1.29 is 14.4 Å². The Morgan fingerprint density at radius 2 is 1.55 bits per heavy atom. The number of hydrogen-bond donors (Lipinski definition) is 3. The highest BCUT2D eigenvalue weighted by Gasteiger charge is 2.32. The maximum Gasteiger partial charge on any atom is 0.246 e. The number of carbonyl (C=O) groups excluding carboxylic acids is 3. The van der Waals surface area contributed by atoms with Crippen LogP contribution in [0.4, 0.5) is 0 Å². The van der Waals surface area contributed by atoms with E-state index in [1.54, 1.807) is 34.6 Å². The van der Waals surface area contributed by atoms with Gasteiger partial charge in [0.15, 0.2) is 0 Å². The van der Waals surface area contributed by atoms with Gasteiger partial charge in [-0.1, -0.05) is 36.4 Å². The SMILES string of the molecule is CN(C(=O)[C@@H](Cc1csc2ccccc12)NC(=O)C1CCNCC1)C(Cc1csc2ccccc12)NC=O. The molecule has 9 heteroatoms. The van der Waals surface area contributed by atoms with E-state index >= 15 is 0 Å². The summed E-state index contributed by atoms with van der Waals surface area (Å²) in [7, 11) is 1.70. The number of piperidine rings is 1. The maximum atomic E-state index is 14.0. The van der Waals surface area contributed by atoms with Crippen LogP contribution in [0.1, 0.15) is 24.0 Å². The van der Waals surface area contributed by atoms with Gasteiger partial charge in [-0.2, -0.15) is 0 Å². The summed E-state index contributed by atoms with van der Waals surface area (Å²) >= 11 is 3.29. The molecule has 1 saturated heterocycles. The lowest BCUT2D eigenvalue weighted by Crippen LogP contribution is -2.56. The van der Waals surface area contributed by atoms with Crippen molar-refractivity contribution in [2.45, 2.75) is 37.9 Å². The second-order valence-corrected chi connectivity index (χ2v) is 11.6. The minimum atomic E-state index is -0.740. The molecule has 198 valence electrons. The Balaban J connectivity index is 1.39. The lowest BCUT2D eigenvalue weighted by atomic mass is 9.96. The number of benzene rings is 2. The Labute approximate surface area is 230 Å². The molecule has 3 amide bonds. The summed E-state index contributed by atoms with van der Waals surface area (Å²) in [5.41, 5.74) is 2.11. The summed E-state index contributed by atoms with van der Waals surface area (Å²) < 4.78 is 2.31. The lowest BCUT2D eigenvalue weighted by molar-refractivity contribution is -0.139. The van der Waals surface area contributed by atoms with E-state index in [-0.39, 0.29) is 17.7 Å². The fourth-order valence-electron chi connectivity index (χ4n) is 5.17. The fraction of sp³-hybridized carbons (Fsp3) is 0.345. The predicted molar refractivity (Wildman–Crippen MR) is 154 cm³/mol. The highest BCUT2D eigenvalue weighted by Crippen LogP contribution is 2.29. The van der Waals surface area contributed by atoms with Gasteiger partial charge < -0.3 is 20.9 Å². The topological polar surface area (TPSA) is 90.5 Å². The van der Waals surface area contributed by atoms with Gasteiger partial charge in [0.2, 0.25) is 18.2 Å². The van der Waals surface area contributed by atoms with Crippen LogP contribution in [-0.4, -0.2) is 55.5 Å². The lowest BCUT2D eigenvalue weighted by Gasteiger charge is -2.32. The summed E-state index contributed by atoms with van der Waals surface area (Å²) in [5.74, 6) is -0.417. The monoisotopic (exact) mass is 548 g/mol. The van der Waals surface area contributed by atoms with E-state index in [1.807, 2.05) is 24.3 Å². The molecule has 4 aromatic rings. The molecular weight excluding hydrogens is 516 g/mol. The molecule has 0 saturated carbocycles. The van der Waals surface area contributed by atoms with E-state index in [0.29, 0.717) is 19.3 Å². The summed E-state index contributed by atoms with van der Waals surface area (Å²) in [6.45, 7) is 1.59. The molecule has 38 heavy (non-hydrogen) atoms. The van der Waals surface area contributed by atoms with E-state index in [4.69, 9.17) is 0 Å². The Kier molecular flexibility index (Phi) is 8.36. The molecule has 2 atom stereocenters. The average molecular weight is 549 g/mol. The predicted octanol–water partition coefficient (Wildman–Crippen LogP) is 3.92. The van der Waals surface area contributed by atoms with Crippen LogP contribution in [0.15, 0.2) is 59.3 Å². The van der Waals surface area contributed by atoms with Gasteiger partial charge in [0, 0.05) is 35.2 Å². The minimum absolute atomic E-state index is 0.0819. The standard InChI is InChI=1S/C29H32N4O3S2/c1-33(27(31-18-34)15-21-17-38-26-9-5-3-7-23(21)26)29(36)24(32-28(35)19-10-12-30-13-11-19)14-20-16-37-25-8-4-2-6-22(20)25/h2-9,16-19,24,27,30H,10-15H2,1H3,(H,31,34)(H,32,35)/t24-,27?/m1/s1. The largest absolute Gasteiger partial charge is 0.344 e. The molecule has 1 unspecified atom stereocenters. The molecule has 0 radical (unpaired) electrons. The summed E-state index contributed by atoms with van der Waals surface area (Å²) in [6, 6.07) is 15.5. The van der Waals surface area contributed by atoms with Gasteiger partial charge in [-0.3, -0.25) is 14.4 Å². The van der Waals surface area contributed by atoms with Gasteiger partial charge in [-0.05, 0) is 70.7 Å². The van der Waals surface area contributed by atoms with E-state index in [1.165, 1.54) is 0 Å². The number of thiophene rings is 2. The first-order valence-electron chi connectivity index (χ1n) is 12.9. The molecule has 2 aromatic carbocycles. The Morgan fingerprint density at radius 3 is 2.16 bits per heavy atom. The van der Waals surface area contributed by atoms with Gasteiger partial charge in [-0.15, -0.1) is 22.7 Å².